The summed E-state index contributed by atoms with van der Waals surface area (Å²) in [5.41, 5.74) is 4.46. The first kappa shape index (κ1) is 11.7. The van der Waals surface area contributed by atoms with Gasteiger partial charge in [-0.3, -0.25) is 0 Å². The second kappa shape index (κ2) is 5.05. The Kier molecular flexibility index (Phi) is 3.48. The Morgan fingerprint density at radius 3 is 1.94 bits per heavy atom. The van der Waals surface area contributed by atoms with Crippen LogP contribution in [-0.4, -0.2) is 5.11 Å². The molecule has 0 radical (unpaired) electrons. The van der Waals surface area contributed by atoms with E-state index in [9.17, 15) is 5.11 Å². The van der Waals surface area contributed by atoms with Gasteiger partial charge >= 0.3 is 0 Å². The van der Waals surface area contributed by atoms with Gasteiger partial charge in [-0.15, -0.1) is 0 Å². The molecule has 0 unspecified atom stereocenters. The molecule has 0 heterocycles. The van der Waals surface area contributed by atoms with E-state index in [-0.39, 0.29) is 0 Å². The maximum atomic E-state index is 10.0. The van der Waals surface area contributed by atoms with Gasteiger partial charge in [0.2, 0.25) is 0 Å². The maximum Gasteiger partial charge on any atom is 0.123 e. The van der Waals surface area contributed by atoms with Crippen molar-refractivity contribution in [1.82, 2.24) is 0 Å². The predicted molar refractivity (Wildman–Crippen MR) is 72.3 cm³/mol. The highest BCUT2D eigenvalue weighted by Crippen LogP contribution is 2.30. The van der Waals surface area contributed by atoms with Gasteiger partial charge in [0.1, 0.15) is 5.75 Å². The zero-order valence-electron chi connectivity index (χ0n) is 10.4. The summed E-state index contributed by atoms with van der Waals surface area (Å²) in [7, 11) is 0. The van der Waals surface area contributed by atoms with Crippen LogP contribution in [0.25, 0.3) is 11.1 Å². The minimum atomic E-state index is 0.369. The van der Waals surface area contributed by atoms with E-state index < -0.39 is 0 Å². The second-order valence-electron chi connectivity index (χ2n) is 4.26. The summed E-state index contributed by atoms with van der Waals surface area (Å²) in [5.74, 6) is 0.369. The smallest absolute Gasteiger partial charge is 0.123 e. The van der Waals surface area contributed by atoms with E-state index in [1.807, 2.05) is 12.1 Å². The van der Waals surface area contributed by atoms with Crippen molar-refractivity contribution in [2.24, 2.45) is 0 Å². The number of hydrogen-bond acceptors (Lipinski definition) is 1. The molecule has 0 saturated heterocycles. The Hall–Kier alpha value is -1.76. The zero-order chi connectivity index (χ0) is 12.3. The third-order valence-electron chi connectivity index (χ3n) is 3.14. The Morgan fingerprint density at radius 2 is 1.41 bits per heavy atom. The van der Waals surface area contributed by atoms with Crippen molar-refractivity contribution in [3.63, 3.8) is 0 Å². The number of phenolic OH excluding ortho intramolecular Hbond substituents is 1. The summed E-state index contributed by atoms with van der Waals surface area (Å²) in [4.78, 5) is 0. The highest BCUT2D eigenvalue weighted by Gasteiger charge is 2.04. The molecule has 17 heavy (non-hydrogen) atoms. The quantitative estimate of drug-likeness (QED) is 0.832. The van der Waals surface area contributed by atoms with Gasteiger partial charge in [0.15, 0.2) is 0 Å². The van der Waals surface area contributed by atoms with Crippen LogP contribution in [0.3, 0.4) is 0 Å². The first-order valence-corrected chi connectivity index (χ1v) is 6.15. The van der Waals surface area contributed by atoms with Crippen molar-refractivity contribution in [3.8, 4) is 16.9 Å². The Morgan fingerprint density at radius 1 is 0.824 bits per heavy atom. The van der Waals surface area contributed by atoms with Crippen LogP contribution in [-0.2, 0) is 12.8 Å². The van der Waals surface area contributed by atoms with Gasteiger partial charge in [-0.2, -0.15) is 0 Å². The largest absolute Gasteiger partial charge is 0.507 e. The summed E-state index contributed by atoms with van der Waals surface area (Å²) < 4.78 is 0. The Labute approximate surface area is 103 Å². The van der Waals surface area contributed by atoms with Crippen LogP contribution >= 0.6 is 0 Å². The zero-order valence-corrected chi connectivity index (χ0v) is 10.4. The van der Waals surface area contributed by atoms with Crippen LogP contribution in [0.4, 0.5) is 0 Å². The number of phenols is 1. The predicted octanol–water partition coefficient (Wildman–Crippen LogP) is 4.18. The number of benzene rings is 2. The lowest BCUT2D eigenvalue weighted by Crippen LogP contribution is -1.85. The van der Waals surface area contributed by atoms with Crippen LogP contribution in [0.1, 0.15) is 25.0 Å². The minimum absolute atomic E-state index is 0.369. The normalized spacial score (nSPS) is 10.5. The summed E-state index contributed by atoms with van der Waals surface area (Å²) in [6.45, 7) is 4.23. The number of hydrogen-bond donors (Lipinski definition) is 1. The minimum Gasteiger partial charge on any atom is -0.507 e. The summed E-state index contributed by atoms with van der Waals surface area (Å²) in [6, 6.07) is 14.3. The molecule has 0 bridgehead atoms. The van der Waals surface area contributed by atoms with E-state index in [4.69, 9.17) is 0 Å². The van der Waals surface area contributed by atoms with E-state index in [0.29, 0.717) is 5.75 Å². The van der Waals surface area contributed by atoms with Crippen molar-refractivity contribution in [3.05, 3.63) is 53.6 Å². The molecule has 0 aliphatic heterocycles. The van der Waals surface area contributed by atoms with Crippen LogP contribution < -0.4 is 0 Å². The van der Waals surface area contributed by atoms with Gasteiger partial charge in [0, 0.05) is 5.56 Å². The third-order valence-corrected chi connectivity index (χ3v) is 3.14. The first-order chi connectivity index (χ1) is 8.24. The van der Waals surface area contributed by atoms with Crippen molar-refractivity contribution in [1.29, 1.82) is 0 Å². The molecule has 2 rings (SSSR count). The summed E-state index contributed by atoms with van der Waals surface area (Å²) >= 11 is 0. The van der Waals surface area contributed by atoms with Crippen LogP contribution in [0.2, 0.25) is 0 Å². The van der Waals surface area contributed by atoms with Gasteiger partial charge < -0.3 is 5.11 Å². The fourth-order valence-corrected chi connectivity index (χ4v) is 1.96. The van der Waals surface area contributed by atoms with Gasteiger partial charge in [-0.25, -0.2) is 0 Å². The molecule has 0 saturated carbocycles. The van der Waals surface area contributed by atoms with E-state index >= 15 is 0 Å². The lowest BCUT2D eigenvalue weighted by atomic mass is 10.00. The van der Waals surface area contributed by atoms with Gasteiger partial charge in [0.25, 0.3) is 0 Å². The average Bonchev–Trinajstić information content (AvgIpc) is 2.39. The number of aryl methyl sites for hydroxylation is 2. The molecule has 1 heteroatoms. The molecule has 1 nitrogen and oxygen atoms in total. The van der Waals surface area contributed by atoms with Crippen LogP contribution in [0.5, 0.6) is 5.75 Å². The van der Waals surface area contributed by atoms with E-state index in [2.05, 4.69) is 44.2 Å². The van der Waals surface area contributed by atoms with E-state index in [0.717, 1.165) is 29.5 Å². The molecule has 0 amide bonds. The molecular weight excluding hydrogens is 208 g/mol. The maximum absolute atomic E-state index is 10.0. The van der Waals surface area contributed by atoms with Crippen LogP contribution in [0.15, 0.2) is 42.5 Å². The number of rotatable bonds is 3. The molecule has 0 spiro atoms. The van der Waals surface area contributed by atoms with Crippen molar-refractivity contribution in [2.75, 3.05) is 0 Å². The van der Waals surface area contributed by atoms with E-state index in [1.165, 1.54) is 5.56 Å². The molecule has 88 valence electrons. The molecule has 2 aromatic carbocycles. The lowest BCUT2D eigenvalue weighted by molar-refractivity contribution is 0.476. The Bertz CT molecular complexity index is 497. The first-order valence-electron chi connectivity index (χ1n) is 6.15. The molecule has 2 aromatic rings. The molecule has 0 atom stereocenters. The monoisotopic (exact) mass is 226 g/mol. The second-order valence-corrected chi connectivity index (χ2v) is 4.26. The van der Waals surface area contributed by atoms with Crippen molar-refractivity contribution >= 4 is 0 Å². The summed E-state index contributed by atoms with van der Waals surface area (Å²) in [6.07, 6.45) is 1.99. The van der Waals surface area contributed by atoms with Gasteiger partial charge in [-0.05, 0) is 35.6 Å². The molecule has 0 fully saturated rings. The highest BCUT2D eigenvalue weighted by molar-refractivity contribution is 5.70. The molecule has 1 N–H and O–H groups in total. The fraction of sp³-hybridized carbons (Fsp3) is 0.250. The summed E-state index contributed by atoms with van der Waals surface area (Å²) in [5, 5.41) is 10.0. The average molecular weight is 226 g/mol. The molecule has 0 aromatic heterocycles. The SMILES string of the molecule is CCc1ccc(-c2ccc(CC)cc2O)cc1. The topological polar surface area (TPSA) is 20.2 Å². The van der Waals surface area contributed by atoms with Gasteiger partial charge in [-0.1, -0.05) is 50.2 Å². The molecule has 0 aliphatic rings. The standard InChI is InChI=1S/C16H18O/c1-3-12-5-8-14(9-6-12)15-10-7-13(4-2)11-16(15)17/h5-11,17H,3-4H2,1-2H3. The molecule has 0 aliphatic carbocycles. The Balaban J connectivity index is 2.38. The molecular formula is C16H18O. The van der Waals surface area contributed by atoms with E-state index in [1.54, 1.807) is 0 Å². The van der Waals surface area contributed by atoms with Gasteiger partial charge in [0.05, 0.1) is 0 Å². The lowest BCUT2D eigenvalue weighted by Gasteiger charge is -2.07. The van der Waals surface area contributed by atoms with Crippen molar-refractivity contribution in [2.45, 2.75) is 26.7 Å². The van der Waals surface area contributed by atoms with Crippen LogP contribution in [0, 0.1) is 0 Å². The van der Waals surface area contributed by atoms with Crippen molar-refractivity contribution < 1.29 is 5.11 Å². The number of aromatic hydroxyl groups is 1. The fourth-order valence-electron chi connectivity index (χ4n) is 1.96. The highest BCUT2D eigenvalue weighted by atomic mass is 16.3. The third kappa shape index (κ3) is 2.50.